The largest absolute Gasteiger partial charge is 0.355 e. The highest BCUT2D eigenvalue weighted by molar-refractivity contribution is 5.93. The summed E-state index contributed by atoms with van der Waals surface area (Å²) in [6.45, 7) is 0.543. The van der Waals surface area contributed by atoms with Crippen molar-refractivity contribution in [2.24, 2.45) is 7.05 Å². The standard InChI is InChI=1S/C18H19N5O3/c1-22-18(25)23-10-9-13(7-8-16(23)20-22)19-17(24)14-11-15(26-21-14)12-5-3-2-4-6-12/h2-6,11,13H,7-10H2,1H3,(H,19,24). The van der Waals surface area contributed by atoms with Gasteiger partial charge in [0.1, 0.15) is 5.82 Å². The molecule has 2 aromatic heterocycles. The van der Waals surface area contributed by atoms with Crippen molar-refractivity contribution in [1.29, 1.82) is 0 Å². The Morgan fingerprint density at radius 1 is 1.27 bits per heavy atom. The van der Waals surface area contributed by atoms with E-state index in [0.29, 0.717) is 25.1 Å². The van der Waals surface area contributed by atoms with Crippen LogP contribution in [0.4, 0.5) is 0 Å². The number of carbonyl (C=O) groups excluding carboxylic acids is 1. The van der Waals surface area contributed by atoms with E-state index in [-0.39, 0.29) is 23.3 Å². The molecule has 3 heterocycles. The summed E-state index contributed by atoms with van der Waals surface area (Å²) < 4.78 is 8.32. The minimum atomic E-state index is -0.270. The summed E-state index contributed by atoms with van der Waals surface area (Å²) in [5.74, 6) is 1.05. The molecule has 0 spiro atoms. The van der Waals surface area contributed by atoms with Crippen molar-refractivity contribution >= 4 is 5.91 Å². The first kappa shape index (κ1) is 16.3. The van der Waals surface area contributed by atoms with Gasteiger partial charge in [-0.1, -0.05) is 35.5 Å². The lowest BCUT2D eigenvalue weighted by Gasteiger charge is -2.14. The zero-order chi connectivity index (χ0) is 18.1. The number of benzene rings is 1. The Morgan fingerprint density at radius 2 is 2.08 bits per heavy atom. The number of hydrogen-bond acceptors (Lipinski definition) is 5. The molecule has 1 atom stereocenters. The maximum absolute atomic E-state index is 12.5. The highest BCUT2D eigenvalue weighted by atomic mass is 16.5. The maximum atomic E-state index is 12.5. The van der Waals surface area contributed by atoms with Crippen molar-refractivity contribution in [2.45, 2.75) is 31.8 Å². The second kappa shape index (κ2) is 6.62. The molecule has 1 aliphatic heterocycles. The number of hydrogen-bond donors (Lipinski definition) is 1. The quantitative estimate of drug-likeness (QED) is 0.767. The predicted molar refractivity (Wildman–Crippen MR) is 93.6 cm³/mol. The van der Waals surface area contributed by atoms with E-state index in [4.69, 9.17) is 4.52 Å². The molecule has 0 radical (unpaired) electrons. The van der Waals surface area contributed by atoms with E-state index < -0.39 is 0 Å². The van der Waals surface area contributed by atoms with E-state index in [1.165, 1.54) is 4.68 Å². The van der Waals surface area contributed by atoms with Crippen LogP contribution < -0.4 is 11.0 Å². The van der Waals surface area contributed by atoms with E-state index >= 15 is 0 Å². The molecular weight excluding hydrogens is 334 g/mol. The number of nitrogens with zero attached hydrogens (tertiary/aromatic N) is 4. The smallest absolute Gasteiger partial charge is 0.345 e. The van der Waals surface area contributed by atoms with Crippen molar-refractivity contribution in [1.82, 2.24) is 24.8 Å². The van der Waals surface area contributed by atoms with Crippen molar-refractivity contribution < 1.29 is 9.32 Å². The summed E-state index contributed by atoms with van der Waals surface area (Å²) in [7, 11) is 1.65. The molecule has 8 nitrogen and oxygen atoms in total. The molecule has 8 heteroatoms. The van der Waals surface area contributed by atoms with Crippen LogP contribution in [-0.4, -0.2) is 31.5 Å². The minimum Gasteiger partial charge on any atom is -0.355 e. The lowest BCUT2D eigenvalue weighted by molar-refractivity contribution is 0.0923. The van der Waals surface area contributed by atoms with Crippen molar-refractivity contribution in [2.75, 3.05) is 0 Å². The Kier molecular flexibility index (Phi) is 4.16. The van der Waals surface area contributed by atoms with E-state index in [1.807, 2.05) is 30.3 Å². The highest BCUT2D eigenvalue weighted by Gasteiger charge is 2.23. The van der Waals surface area contributed by atoms with Crippen molar-refractivity contribution in [3.05, 3.63) is 58.4 Å². The Morgan fingerprint density at radius 3 is 2.88 bits per heavy atom. The monoisotopic (exact) mass is 353 g/mol. The third kappa shape index (κ3) is 3.05. The second-order valence-corrected chi connectivity index (χ2v) is 6.41. The van der Waals surface area contributed by atoms with Crippen LogP contribution in [0.2, 0.25) is 0 Å². The molecule has 0 bridgehead atoms. The fourth-order valence-electron chi connectivity index (χ4n) is 3.22. The van der Waals surface area contributed by atoms with Crippen molar-refractivity contribution in [3.8, 4) is 11.3 Å². The molecule has 0 saturated carbocycles. The van der Waals surface area contributed by atoms with E-state index in [1.54, 1.807) is 17.7 Å². The third-order valence-corrected chi connectivity index (χ3v) is 4.64. The van der Waals surface area contributed by atoms with Gasteiger partial charge >= 0.3 is 5.69 Å². The van der Waals surface area contributed by atoms with Gasteiger partial charge in [0.05, 0.1) is 0 Å². The van der Waals surface area contributed by atoms with Crippen LogP contribution in [0.25, 0.3) is 11.3 Å². The number of nitrogens with one attached hydrogen (secondary N) is 1. The fourth-order valence-corrected chi connectivity index (χ4v) is 3.22. The summed E-state index contributed by atoms with van der Waals surface area (Å²) in [6.07, 6.45) is 2.05. The number of carbonyl (C=O) groups is 1. The average Bonchev–Trinajstić information content (AvgIpc) is 3.19. The number of rotatable bonds is 3. The molecule has 0 aliphatic carbocycles. The number of fused-ring (bicyclic) bond motifs is 1. The fraction of sp³-hybridized carbons (Fsp3) is 0.333. The van der Waals surface area contributed by atoms with Crippen LogP contribution in [-0.2, 0) is 20.0 Å². The van der Waals surface area contributed by atoms with E-state index in [9.17, 15) is 9.59 Å². The first-order chi connectivity index (χ1) is 12.6. The van der Waals surface area contributed by atoms with E-state index in [2.05, 4.69) is 15.6 Å². The predicted octanol–water partition coefficient (Wildman–Crippen LogP) is 1.37. The van der Waals surface area contributed by atoms with Crippen LogP contribution in [0.15, 0.2) is 45.7 Å². The second-order valence-electron chi connectivity index (χ2n) is 6.41. The molecule has 3 aromatic rings. The van der Waals surface area contributed by atoms with Crippen LogP contribution in [0.1, 0.15) is 29.2 Å². The molecule has 0 fully saturated rings. The number of aryl methyl sites for hydroxylation is 2. The van der Waals surface area contributed by atoms with Gasteiger partial charge in [-0.2, -0.15) is 5.10 Å². The minimum absolute atomic E-state index is 0.0363. The van der Waals surface area contributed by atoms with Gasteiger partial charge in [-0.25, -0.2) is 9.48 Å². The Labute approximate surface area is 149 Å². The van der Waals surface area contributed by atoms with Gasteiger partial charge in [0.25, 0.3) is 5.91 Å². The van der Waals surface area contributed by atoms with Gasteiger partial charge < -0.3 is 9.84 Å². The zero-order valence-corrected chi connectivity index (χ0v) is 14.4. The molecule has 26 heavy (non-hydrogen) atoms. The summed E-state index contributed by atoms with van der Waals surface area (Å²) >= 11 is 0. The topological polar surface area (TPSA) is 95.0 Å². The normalized spacial score (nSPS) is 16.7. The summed E-state index contributed by atoms with van der Waals surface area (Å²) in [5, 5.41) is 11.1. The Bertz CT molecular complexity index is 986. The van der Waals surface area contributed by atoms with Crippen LogP contribution in [0, 0.1) is 0 Å². The van der Waals surface area contributed by atoms with Crippen LogP contribution in [0.3, 0.4) is 0 Å². The first-order valence-electron chi connectivity index (χ1n) is 8.57. The average molecular weight is 353 g/mol. The highest BCUT2D eigenvalue weighted by Crippen LogP contribution is 2.20. The van der Waals surface area contributed by atoms with Gasteiger partial charge in [-0.05, 0) is 12.8 Å². The molecule has 0 saturated heterocycles. The molecule has 1 unspecified atom stereocenters. The molecule has 134 valence electrons. The first-order valence-corrected chi connectivity index (χ1v) is 8.57. The number of amides is 1. The van der Waals surface area contributed by atoms with Gasteiger partial charge in [-0.15, -0.1) is 0 Å². The van der Waals surface area contributed by atoms with Crippen LogP contribution >= 0.6 is 0 Å². The Hall–Kier alpha value is -3.16. The Balaban J connectivity index is 1.43. The van der Waals surface area contributed by atoms with Gasteiger partial charge in [0.15, 0.2) is 11.5 Å². The molecule has 1 aromatic carbocycles. The molecule has 1 amide bonds. The van der Waals surface area contributed by atoms with Gasteiger partial charge in [0, 0.05) is 37.7 Å². The van der Waals surface area contributed by atoms with Crippen LogP contribution in [0.5, 0.6) is 0 Å². The van der Waals surface area contributed by atoms with Gasteiger partial charge in [-0.3, -0.25) is 9.36 Å². The third-order valence-electron chi connectivity index (χ3n) is 4.64. The molecule has 1 N–H and O–H groups in total. The number of aromatic nitrogens is 4. The molecular formula is C18H19N5O3. The lowest BCUT2D eigenvalue weighted by Crippen LogP contribution is -2.35. The summed E-state index contributed by atoms with van der Waals surface area (Å²) in [6, 6.07) is 11.1. The summed E-state index contributed by atoms with van der Waals surface area (Å²) in [4.78, 5) is 24.5. The SMILES string of the molecule is Cn1nc2n(c1=O)CCC(NC(=O)c1cc(-c3ccccc3)on1)CC2. The van der Waals surface area contributed by atoms with Gasteiger partial charge in [0.2, 0.25) is 0 Å². The van der Waals surface area contributed by atoms with Crippen molar-refractivity contribution in [3.63, 3.8) is 0 Å². The zero-order valence-electron chi connectivity index (χ0n) is 14.4. The lowest BCUT2D eigenvalue weighted by atomic mass is 10.1. The molecule has 1 aliphatic rings. The summed E-state index contributed by atoms with van der Waals surface area (Å²) in [5.41, 5.74) is 1.01. The van der Waals surface area contributed by atoms with E-state index in [0.717, 1.165) is 17.8 Å². The molecule has 4 rings (SSSR count). The maximum Gasteiger partial charge on any atom is 0.345 e.